The van der Waals surface area contributed by atoms with Crippen molar-refractivity contribution in [2.75, 3.05) is 37.7 Å². The molecule has 2 aliphatic heterocycles. The van der Waals surface area contributed by atoms with Crippen molar-refractivity contribution in [3.05, 3.63) is 102 Å². The van der Waals surface area contributed by atoms with Crippen LogP contribution in [0.2, 0.25) is 0 Å². The number of amides is 3. The molecule has 2 heterocycles. The van der Waals surface area contributed by atoms with Crippen LogP contribution in [0.4, 0.5) is 10.5 Å². The predicted molar refractivity (Wildman–Crippen MR) is 134 cm³/mol. The van der Waals surface area contributed by atoms with Gasteiger partial charge in [-0.05, 0) is 42.3 Å². The van der Waals surface area contributed by atoms with Crippen LogP contribution in [0.5, 0.6) is 0 Å². The second kappa shape index (κ2) is 9.35. The standard InChI is InChI=1S/C28H28N4O3/c1-21(33)22-12-14-25(15-13-22)31-18-16-30(17-19-31)20-32-26(34)28(29-27(32)35,23-8-4-2-5-9-23)24-10-6-3-7-11-24/h2-15H,16-20H2,1H3,(H,29,35). The Morgan fingerprint density at radius 2 is 1.34 bits per heavy atom. The maximum atomic E-state index is 13.9. The van der Waals surface area contributed by atoms with Crippen molar-refractivity contribution in [2.45, 2.75) is 12.5 Å². The molecule has 3 aromatic rings. The summed E-state index contributed by atoms with van der Waals surface area (Å²) in [6.07, 6.45) is 0. The number of hydrogen-bond acceptors (Lipinski definition) is 5. The van der Waals surface area contributed by atoms with E-state index in [0.29, 0.717) is 5.56 Å². The first kappa shape index (κ1) is 22.8. The van der Waals surface area contributed by atoms with Gasteiger partial charge in [0, 0.05) is 37.4 Å². The molecule has 0 aromatic heterocycles. The molecule has 2 aliphatic rings. The average Bonchev–Trinajstić information content (AvgIpc) is 3.16. The Hall–Kier alpha value is -3.97. The minimum absolute atomic E-state index is 0.0528. The molecule has 3 amide bonds. The largest absolute Gasteiger partial charge is 0.369 e. The van der Waals surface area contributed by atoms with Gasteiger partial charge in [0.15, 0.2) is 11.3 Å². The van der Waals surface area contributed by atoms with Gasteiger partial charge < -0.3 is 10.2 Å². The van der Waals surface area contributed by atoms with Crippen molar-refractivity contribution in [3.8, 4) is 0 Å². The highest BCUT2D eigenvalue weighted by Crippen LogP contribution is 2.36. The van der Waals surface area contributed by atoms with Gasteiger partial charge in [0.1, 0.15) is 0 Å². The first-order chi connectivity index (χ1) is 17.0. The maximum Gasteiger partial charge on any atom is 0.326 e. The van der Waals surface area contributed by atoms with Crippen LogP contribution in [-0.2, 0) is 10.3 Å². The number of benzene rings is 3. The molecule has 0 unspecified atom stereocenters. The molecule has 2 fully saturated rings. The van der Waals surface area contributed by atoms with Crippen molar-refractivity contribution < 1.29 is 14.4 Å². The number of piperazine rings is 1. The fourth-order valence-corrected chi connectivity index (χ4v) is 4.89. The monoisotopic (exact) mass is 468 g/mol. The molecule has 5 rings (SSSR count). The number of ketones is 1. The van der Waals surface area contributed by atoms with E-state index in [1.54, 1.807) is 6.92 Å². The molecule has 178 valence electrons. The molecule has 3 aromatic carbocycles. The van der Waals surface area contributed by atoms with E-state index in [4.69, 9.17) is 0 Å². The number of nitrogens with zero attached hydrogens (tertiary/aromatic N) is 3. The molecule has 2 saturated heterocycles. The normalized spacial score (nSPS) is 18.0. The van der Waals surface area contributed by atoms with Crippen molar-refractivity contribution >= 4 is 23.4 Å². The lowest BCUT2D eigenvalue weighted by molar-refractivity contribution is -0.131. The van der Waals surface area contributed by atoms with Crippen LogP contribution < -0.4 is 10.2 Å². The molecule has 0 radical (unpaired) electrons. The zero-order chi connectivity index (χ0) is 24.4. The molecule has 7 heteroatoms. The summed E-state index contributed by atoms with van der Waals surface area (Å²) in [6, 6.07) is 26.1. The van der Waals surface area contributed by atoms with Gasteiger partial charge in [0.2, 0.25) is 0 Å². The van der Waals surface area contributed by atoms with Crippen molar-refractivity contribution in [3.63, 3.8) is 0 Å². The lowest BCUT2D eigenvalue weighted by Crippen LogP contribution is -2.52. The van der Waals surface area contributed by atoms with Gasteiger partial charge in [0.05, 0.1) is 6.67 Å². The Morgan fingerprint density at radius 1 is 0.800 bits per heavy atom. The molecular formula is C28H28N4O3. The number of Topliss-reactive ketones (excluding diaryl/α,β-unsaturated/α-hetero) is 1. The molecule has 7 nitrogen and oxygen atoms in total. The number of nitrogens with one attached hydrogen (secondary N) is 1. The Kier molecular flexibility index (Phi) is 6.09. The zero-order valence-corrected chi connectivity index (χ0v) is 19.7. The second-order valence-corrected chi connectivity index (χ2v) is 8.99. The highest BCUT2D eigenvalue weighted by molar-refractivity contribution is 6.09. The summed E-state index contributed by atoms with van der Waals surface area (Å²) in [5.41, 5.74) is 2.01. The van der Waals surface area contributed by atoms with E-state index in [-0.39, 0.29) is 24.4 Å². The summed E-state index contributed by atoms with van der Waals surface area (Å²) in [5, 5.41) is 3.01. The van der Waals surface area contributed by atoms with Crippen LogP contribution in [0.15, 0.2) is 84.9 Å². The van der Waals surface area contributed by atoms with E-state index in [9.17, 15) is 14.4 Å². The number of rotatable bonds is 6. The highest BCUT2D eigenvalue weighted by Gasteiger charge is 2.53. The van der Waals surface area contributed by atoms with E-state index < -0.39 is 5.54 Å². The SMILES string of the molecule is CC(=O)c1ccc(N2CCN(CN3C(=O)NC(c4ccccc4)(c4ccccc4)C3=O)CC2)cc1. The molecule has 1 N–H and O–H groups in total. The Bertz CT molecular complexity index is 1180. The maximum absolute atomic E-state index is 13.9. The number of carbonyl (C=O) groups is 3. The summed E-state index contributed by atoms with van der Waals surface area (Å²) in [4.78, 5) is 44.2. The minimum Gasteiger partial charge on any atom is -0.369 e. The molecule has 0 saturated carbocycles. The molecule has 0 atom stereocenters. The van der Waals surface area contributed by atoms with Gasteiger partial charge in [-0.25, -0.2) is 9.69 Å². The van der Waals surface area contributed by atoms with E-state index in [2.05, 4.69) is 15.1 Å². The molecule has 0 bridgehead atoms. The summed E-state index contributed by atoms with van der Waals surface area (Å²) < 4.78 is 0. The Morgan fingerprint density at radius 3 is 1.86 bits per heavy atom. The van der Waals surface area contributed by atoms with Gasteiger partial charge >= 0.3 is 6.03 Å². The first-order valence-electron chi connectivity index (χ1n) is 11.8. The van der Waals surface area contributed by atoms with Crippen LogP contribution in [0.3, 0.4) is 0 Å². The van der Waals surface area contributed by atoms with Crippen LogP contribution in [-0.4, -0.2) is 60.4 Å². The fraction of sp³-hybridized carbons (Fsp3) is 0.250. The third kappa shape index (κ3) is 4.19. The first-order valence-corrected chi connectivity index (χ1v) is 11.8. The van der Waals surface area contributed by atoms with Gasteiger partial charge in [-0.3, -0.25) is 14.5 Å². The van der Waals surface area contributed by atoms with E-state index in [1.165, 1.54) is 4.90 Å². The zero-order valence-electron chi connectivity index (χ0n) is 19.7. The van der Waals surface area contributed by atoms with Crippen molar-refractivity contribution in [1.82, 2.24) is 15.1 Å². The summed E-state index contributed by atoms with van der Waals surface area (Å²) in [7, 11) is 0. The van der Waals surface area contributed by atoms with Crippen LogP contribution >= 0.6 is 0 Å². The lowest BCUT2D eigenvalue weighted by atomic mass is 9.83. The minimum atomic E-state index is -1.24. The topological polar surface area (TPSA) is 73.0 Å². The number of imide groups is 1. The highest BCUT2D eigenvalue weighted by atomic mass is 16.2. The smallest absolute Gasteiger partial charge is 0.326 e. The summed E-state index contributed by atoms with van der Waals surface area (Å²) in [6.45, 7) is 4.78. The number of carbonyl (C=O) groups excluding carboxylic acids is 3. The fourth-order valence-electron chi connectivity index (χ4n) is 4.89. The molecule has 0 spiro atoms. The average molecular weight is 469 g/mol. The van der Waals surface area contributed by atoms with Crippen LogP contribution in [0.25, 0.3) is 0 Å². The van der Waals surface area contributed by atoms with Crippen LogP contribution in [0.1, 0.15) is 28.4 Å². The number of anilines is 1. The third-order valence-corrected chi connectivity index (χ3v) is 6.87. The van der Waals surface area contributed by atoms with Gasteiger partial charge in [-0.15, -0.1) is 0 Å². The Balaban J connectivity index is 1.31. The molecule has 35 heavy (non-hydrogen) atoms. The van der Waals surface area contributed by atoms with E-state index >= 15 is 0 Å². The van der Waals surface area contributed by atoms with Crippen LogP contribution in [0, 0.1) is 0 Å². The van der Waals surface area contributed by atoms with Gasteiger partial charge in [0.25, 0.3) is 5.91 Å². The molecule has 0 aliphatic carbocycles. The predicted octanol–water partition coefficient (Wildman–Crippen LogP) is 3.46. The van der Waals surface area contributed by atoms with Gasteiger partial charge in [-0.2, -0.15) is 0 Å². The number of urea groups is 1. The lowest BCUT2D eigenvalue weighted by Gasteiger charge is -2.37. The third-order valence-electron chi connectivity index (χ3n) is 6.87. The Labute approximate surface area is 204 Å². The summed E-state index contributed by atoms with van der Waals surface area (Å²) in [5.74, 6) is -0.209. The second-order valence-electron chi connectivity index (χ2n) is 8.99. The number of hydrogen-bond donors (Lipinski definition) is 1. The van der Waals surface area contributed by atoms with E-state index in [1.807, 2.05) is 84.9 Å². The van der Waals surface area contributed by atoms with Crippen molar-refractivity contribution in [2.24, 2.45) is 0 Å². The molecular weight excluding hydrogens is 440 g/mol. The van der Waals surface area contributed by atoms with Gasteiger partial charge in [-0.1, -0.05) is 60.7 Å². The summed E-state index contributed by atoms with van der Waals surface area (Å²) >= 11 is 0. The van der Waals surface area contributed by atoms with E-state index in [0.717, 1.165) is 43.0 Å². The van der Waals surface area contributed by atoms with Crippen molar-refractivity contribution in [1.29, 1.82) is 0 Å². The quantitative estimate of drug-likeness (QED) is 0.443.